The summed E-state index contributed by atoms with van der Waals surface area (Å²) in [6.45, 7) is 1.33. The molecule has 1 aliphatic heterocycles. The van der Waals surface area contributed by atoms with Gasteiger partial charge in [0.1, 0.15) is 5.78 Å². The van der Waals surface area contributed by atoms with E-state index in [-0.39, 0.29) is 18.6 Å². The molecule has 1 heterocycles. The van der Waals surface area contributed by atoms with Gasteiger partial charge >= 0.3 is 11.9 Å². The standard InChI is InChI=1S/C8H9NO5/c1-4(10)2-5-3-6(11)9(5)7(12)8(13)14/h5H,2-3H2,1H3,(H,13,14)/t5-/m1/s1. The maximum absolute atomic E-state index is 10.9. The number of carbonyl (C=O) groups excluding carboxylic acids is 3. The van der Waals surface area contributed by atoms with Crippen LogP contribution in [0.15, 0.2) is 0 Å². The van der Waals surface area contributed by atoms with Crippen molar-refractivity contribution in [3.63, 3.8) is 0 Å². The Morgan fingerprint density at radius 3 is 2.43 bits per heavy atom. The van der Waals surface area contributed by atoms with Crippen molar-refractivity contribution in [1.29, 1.82) is 0 Å². The topological polar surface area (TPSA) is 91.8 Å². The Balaban J connectivity index is 2.66. The number of carboxylic acids is 1. The summed E-state index contributed by atoms with van der Waals surface area (Å²) >= 11 is 0. The van der Waals surface area contributed by atoms with E-state index in [9.17, 15) is 19.2 Å². The van der Waals surface area contributed by atoms with Crippen LogP contribution in [0, 0.1) is 0 Å². The average Bonchev–Trinajstić information content (AvgIpc) is 2.01. The van der Waals surface area contributed by atoms with Crippen molar-refractivity contribution < 1.29 is 24.3 Å². The van der Waals surface area contributed by atoms with E-state index >= 15 is 0 Å². The van der Waals surface area contributed by atoms with Crippen LogP contribution in [0.25, 0.3) is 0 Å². The number of aliphatic carboxylic acids is 1. The van der Waals surface area contributed by atoms with Crippen LogP contribution in [0.2, 0.25) is 0 Å². The molecule has 0 aliphatic carbocycles. The second-order valence-corrected chi connectivity index (χ2v) is 3.14. The summed E-state index contributed by atoms with van der Waals surface area (Å²) in [6, 6.07) is -0.566. The maximum atomic E-state index is 10.9. The van der Waals surface area contributed by atoms with Crippen molar-refractivity contribution in [3.05, 3.63) is 0 Å². The van der Waals surface area contributed by atoms with E-state index in [0.29, 0.717) is 4.90 Å². The number of hydrogen-bond acceptors (Lipinski definition) is 4. The number of ketones is 1. The molecule has 1 aliphatic rings. The molecule has 1 atom stereocenters. The molecule has 6 heteroatoms. The lowest BCUT2D eigenvalue weighted by Gasteiger charge is -2.36. The third-order valence-electron chi connectivity index (χ3n) is 1.97. The molecule has 2 amide bonds. The molecule has 0 spiro atoms. The molecule has 1 N–H and O–H groups in total. The first-order chi connectivity index (χ1) is 6.43. The number of nitrogens with zero attached hydrogens (tertiary/aromatic N) is 1. The Morgan fingerprint density at radius 1 is 1.50 bits per heavy atom. The predicted molar refractivity (Wildman–Crippen MR) is 43.2 cm³/mol. The fourth-order valence-electron chi connectivity index (χ4n) is 1.36. The van der Waals surface area contributed by atoms with E-state index in [1.54, 1.807) is 0 Å². The summed E-state index contributed by atoms with van der Waals surface area (Å²) < 4.78 is 0. The van der Waals surface area contributed by atoms with Crippen LogP contribution in [-0.4, -0.2) is 39.6 Å². The monoisotopic (exact) mass is 199 g/mol. The lowest BCUT2D eigenvalue weighted by molar-refractivity contribution is -0.168. The van der Waals surface area contributed by atoms with E-state index < -0.39 is 23.8 Å². The Morgan fingerprint density at radius 2 is 2.07 bits per heavy atom. The van der Waals surface area contributed by atoms with Crippen molar-refractivity contribution in [1.82, 2.24) is 4.90 Å². The van der Waals surface area contributed by atoms with Crippen LogP contribution >= 0.6 is 0 Å². The lowest BCUT2D eigenvalue weighted by atomic mass is 9.96. The summed E-state index contributed by atoms with van der Waals surface area (Å²) in [5.41, 5.74) is 0. The molecule has 0 aromatic carbocycles. The first-order valence-corrected chi connectivity index (χ1v) is 4.02. The molecule has 1 rings (SSSR count). The third-order valence-corrected chi connectivity index (χ3v) is 1.97. The van der Waals surface area contributed by atoms with Gasteiger partial charge in [-0.05, 0) is 6.92 Å². The molecular weight excluding hydrogens is 190 g/mol. The zero-order valence-electron chi connectivity index (χ0n) is 7.52. The zero-order chi connectivity index (χ0) is 10.9. The molecule has 14 heavy (non-hydrogen) atoms. The van der Waals surface area contributed by atoms with Gasteiger partial charge < -0.3 is 5.11 Å². The summed E-state index contributed by atoms with van der Waals surface area (Å²) in [6.07, 6.45) is 0.101. The Hall–Kier alpha value is -1.72. The molecule has 0 unspecified atom stereocenters. The van der Waals surface area contributed by atoms with Crippen LogP contribution in [0.4, 0.5) is 0 Å². The molecule has 0 aromatic rings. The van der Waals surface area contributed by atoms with Gasteiger partial charge in [-0.2, -0.15) is 0 Å². The number of imide groups is 1. The van der Waals surface area contributed by atoms with E-state index in [1.165, 1.54) is 6.92 Å². The number of Topliss-reactive ketones (excluding diaryl/α,β-unsaturated/α-hetero) is 1. The smallest absolute Gasteiger partial charge is 0.395 e. The molecule has 6 nitrogen and oxygen atoms in total. The first kappa shape index (κ1) is 10.4. The highest BCUT2D eigenvalue weighted by Gasteiger charge is 2.43. The number of carbonyl (C=O) groups is 4. The molecule has 0 aromatic heterocycles. The summed E-state index contributed by atoms with van der Waals surface area (Å²) in [5, 5.41) is 8.36. The van der Waals surface area contributed by atoms with Crippen molar-refractivity contribution >= 4 is 23.6 Å². The molecular formula is C8H9NO5. The highest BCUT2D eigenvalue weighted by Crippen LogP contribution is 2.22. The van der Waals surface area contributed by atoms with E-state index in [0.717, 1.165) is 0 Å². The highest BCUT2D eigenvalue weighted by molar-refractivity contribution is 6.35. The minimum atomic E-state index is -1.67. The second kappa shape index (κ2) is 3.57. The molecule has 0 bridgehead atoms. The van der Waals surface area contributed by atoms with Gasteiger partial charge in [-0.15, -0.1) is 0 Å². The van der Waals surface area contributed by atoms with Crippen LogP contribution < -0.4 is 0 Å². The molecule has 1 fully saturated rings. The average molecular weight is 199 g/mol. The fourth-order valence-corrected chi connectivity index (χ4v) is 1.36. The minimum Gasteiger partial charge on any atom is -0.474 e. The number of β-lactam (4-membered cyclic amide) rings is 1. The van der Waals surface area contributed by atoms with Gasteiger partial charge in [0.2, 0.25) is 5.91 Å². The molecule has 76 valence electrons. The van der Waals surface area contributed by atoms with Gasteiger partial charge in [0.15, 0.2) is 0 Å². The van der Waals surface area contributed by atoms with Crippen molar-refractivity contribution in [2.45, 2.75) is 25.8 Å². The Kier molecular flexibility index (Phi) is 2.64. The van der Waals surface area contributed by atoms with Gasteiger partial charge in [-0.1, -0.05) is 0 Å². The van der Waals surface area contributed by atoms with E-state index in [1.807, 2.05) is 0 Å². The number of amides is 2. The van der Waals surface area contributed by atoms with E-state index in [2.05, 4.69) is 0 Å². The molecule has 0 radical (unpaired) electrons. The summed E-state index contributed by atoms with van der Waals surface area (Å²) in [4.78, 5) is 43.4. The van der Waals surface area contributed by atoms with Crippen LogP contribution in [0.5, 0.6) is 0 Å². The third kappa shape index (κ3) is 1.78. The van der Waals surface area contributed by atoms with Crippen molar-refractivity contribution in [2.24, 2.45) is 0 Å². The maximum Gasteiger partial charge on any atom is 0.395 e. The normalized spacial score (nSPS) is 20.2. The number of rotatable bonds is 2. The molecule has 1 saturated heterocycles. The predicted octanol–water partition coefficient (Wildman–Crippen LogP) is -0.822. The minimum absolute atomic E-state index is 0.0325. The Labute approximate surface area is 79.5 Å². The second-order valence-electron chi connectivity index (χ2n) is 3.14. The SMILES string of the molecule is CC(=O)C[C@@H]1CC(=O)N1C(=O)C(=O)O. The van der Waals surface area contributed by atoms with Gasteiger partial charge in [0.25, 0.3) is 0 Å². The number of hydrogen-bond donors (Lipinski definition) is 1. The Bertz CT molecular complexity index is 322. The van der Waals surface area contributed by atoms with Gasteiger partial charge in [-0.3, -0.25) is 19.3 Å². The highest BCUT2D eigenvalue weighted by atomic mass is 16.4. The van der Waals surface area contributed by atoms with Crippen LogP contribution in [0.3, 0.4) is 0 Å². The van der Waals surface area contributed by atoms with Crippen LogP contribution in [-0.2, 0) is 19.2 Å². The fraction of sp³-hybridized carbons (Fsp3) is 0.500. The first-order valence-electron chi connectivity index (χ1n) is 4.02. The molecule has 0 saturated carbocycles. The summed E-state index contributed by atoms with van der Waals surface area (Å²) in [7, 11) is 0. The quantitative estimate of drug-likeness (QED) is 0.463. The van der Waals surface area contributed by atoms with Gasteiger partial charge in [0.05, 0.1) is 6.04 Å². The van der Waals surface area contributed by atoms with E-state index in [4.69, 9.17) is 5.11 Å². The number of carboxylic acid groups (broad SMARTS) is 1. The number of likely N-dealkylation sites (tertiary alicyclic amines) is 1. The van der Waals surface area contributed by atoms with Crippen molar-refractivity contribution in [3.8, 4) is 0 Å². The summed E-state index contributed by atoms with van der Waals surface area (Å²) in [5.74, 6) is -3.64. The van der Waals surface area contributed by atoms with Gasteiger partial charge in [0, 0.05) is 12.8 Å². The largest absolute Gasteiger partial charge is 0.474 e. The van der Waals surface area contributed by atoms with Gasteiger partial charge in [-0.25, -0.2) is 4.79 Å². The zero-order valence-corrected chi connectivity index (χ0v) is 7.52. The van der Waals surface area contributed by atoms with Crippen molar-refractivity contribution in [2.75, 3.05) is 0 Å². The van der Waals surface area contributed by atoms with Crippen LogP contribution in [0.1, 0.15) is 19.8 Å². The lowest BCUT2D eigenvalue weighted by Crippen LogP contribution is -2.58.